The maximum atomic E-state index is 5.90. The molecule has 0 amide bonds. The minimum absolute atomic E-state index is 0.0126. The van der Waals surface area contributed by atoms with Crippen LogP contribution in [0.25, 0.3) is 0 Å². The third-order valence-corrected chi connectivity index (χ3v) is 5.95. The second kappa shape index (κ2) is 26.0. The van der Waals surface area contributed by atoms with Crippen LogP contribution in [0.5, 0.6) is 0 Å². The Kier molecular flexibility index (Phi) is 25.7. The van der Waals surface area contributed by atoms with Crippen LogP contribution in [0.3, 0.4) is 0 Å². The molecule has 0 aliphatic carbocycles. The summed E-state index contributed by atoms with van der Waals surface area (Å²) in [4.78, 5) is 0. The zero-order valence-electron chi connectivity index (χ0n) is 27.6. The van der Waals surface area contributed by atoms with E-state index in [1.54, 1.807) is 7.11 Å². The van der Waals surface area contributed by atoms with Crippen molar-refractivity contribution in [1.29, 1.82) is 0 Å². The summed E-state index contributed by atoms with van der Waals surface area (Å²) < 4.78 is 57.2. The normalized spacial score (nSPS) is 18.8. The molecule has 0 radical (unpaired) electrons. The van der Waals surface area contributed by atoms with Gasteiger partial charge in [0, 0.05) is 13.7 Å². The lowest BCUT2D eigenvalue weighted by molar-refractivity contribution is -0.110. The van der Waals surface area contributed by atoms with E-state index in [0.29, 0.717) is 72.6 Å². The maximum Gasteiger partial charge on any atom is 0.0781 e. The molecule has 0 bridgehead atoms. The van der Waals surface area contributed by atoms with Gasteiger partial charge in [-0.3, -0.25) is 0 Å². The molecule has 0 aliphatic heterocycles. The van der Waals surface area contributed by atoms with Gasteiger partial charge in [0.25, 0.3) is 0 Å². The molecule has 0 aromatic carbocycles. The highest BCUT2D eigenvalue weighted by Gasteiger charge is 2.15. The molecule has 11 nitrogen and oxygen atoms in total. The molecule has 0 fully saturated rings. The van der Waals surface area contributed by atoms with Crippen LogP contribution in [0, 0.1) is 0 Å². The maximum absolute atomic E-state index is 5.90. The lowest BCUT2D eigenvalue weighted by Gasteiger charge is -2.23. The van der Waals surface area contributed by atoms with E-state index in [1.165, 1.54) is 0 Å². The molecule has 0 saturated carbocycles. The average molecular weight is 598 g/mol. The van der Waals surface area contributed by atoms with Gasteiger partial charge in [0.05, 0.1) is 121 Å². The van der Waals surface area contributed by atoms with E-state index in [2.05, 4.69) is 0 Å². The smallest absolute Gasteiger partial charge is 0.0781 e. The molecule has 2 N–H and O–H groups in total. The number of rotatable bonds is 29. The predicted octanol–water partition coefficient (Wildman–Crippen LogP) is 3.24. The van der Waals surface area contributed by atoms with Crippen LogP contribution in [0.2, 0.25) is 0 Å². The van der Waals surface area contributed by atoms with E-state index >= 15 is 0 Å². The number of hydrogen-bond donors (Lipinski definition) is 1. The molecule has 0 rings (SSSR count). The zero-order valence-corrected chi connectivity index (χ0v) is 27.6. The van der Waals surface area contributed by atoms with E-state index in [0.717, 1.165) is 0 Å². The molecule has 9 atom stereocenters. The van der Waals surface area contributed by atoms with Gasteiger partial charge in [-0.15, -0.1) is 0 Å². The van der Waals surface area contributed by atoms with Crippen molar-refractivity contribution < 1.29 is 47.4 Å². The molecule has 11 heteroatoms. The lowest BCUT2D eigenvalue weighted by atomic mass is 10.3. The highest BCUT2D eigenvalue weighted by atomic mass is 16.6. The Morgan fingerprint density at radius 3 is 0.780 bits per heavy atom. The van der Waals surface area contributed by atoms with Crippen LogP contribution >= 0.6 is 0 Å². The van der Waals surface area contributed by atoms with Crippen molar-refractivity contribution in [3.05, 3.63) is 0 Å². The number of nitrogens with two attached hydrogens (primary N) is 1. The Morgan fingerprint density at radius 1 is 0.341 bits per heavy atom. The van der Waals surface area contributed by atoms with Gasteiger partial charge in [0.2, 0.25) is 0 Å². The van der Waals surface area contributed by atoms with Gasteiger partial charge in [0.15, 0.2) is 0 Å². The molecule has 0 aromatic rings. The average Bonchev–Trinajstić information content (AvgIpc) is 2.96. The van der Waals surface area contributed by atoms with Gasteiger partial charge in [-0.25, -0.2) is 0 Å². The molecule has 0 aromatic heterocycles. The minimum atomic E-state index is -0.0615. The molecule has 41 heavy (non-hydrogen) atoms. The highest BCUT2D eigenvalue weighted by molar-refractivity contribution is 4.60. The Bertz CT molecular complexity index is 575. The monoisotopic (exact) mass is 597 g/mol. The van der Waals surface area contributed by atoms with Crippen molar-refractivity contribution in [3.63, 3.8) is 0 Å². The summed E-state index contributed by atoms with van der Waals surface area (Å²) >= 11 is 0. The fraction of sp³-hybridized carbons (Fsp3) is 1.00. The van der Waals surface area contributed by atoms with Gasteiger partial charge in [-0.05, 0) is 62.3 Å². The third-order valence-electron chi connectivity index (χ3n) is 5.95. The molecule has 9 unspecified atom stereocenters. The molecular formula is C30H63NO10. The van der Waals surface area contributed by atoms with Gasteiger partial charge < -0.3 is 53.1 Å². The topological polar surface area (TPSA) is 118 Å². The highest BCUT2D eigenvalue weighted by Crippen LogP contribution is 2.06. The van der Waals surface area contributed by atoms with Gasteiger partial charge in [0.1, 0.15) is 0 Å². The van der Waals surface area contributed by atoms with E-state index in [1.807, 2.05) is 62.3 Å². The van der Waals surface area contributed by atoms with Crippen molar-refractivity contribution in [2.75, 3.05) is 79.7 Å². The Hall–Kier alpha value is -0.440. The molecule has 0 spiro atoms. The number of hydrogen-bond acceptors (Lipinski definition) is 11. The van der Waals surface area contributed by atoms with Gasteiger partial charge >= 0.3 is 0 Å². The first-order chi connectivity index (χ1) is 19.5. The van der Waals surface area contributed by atoms with Crippen LogP contribution in [0.15, 0.2) is 0 Å². The second-order valence-corrected chi connectivity index (χ2v) is 11.1. The lowest BCUT2D eigenvalue weighted by Crippen LogP contribution is -2.30. The van der Waals surface area contributed by atoms with Crippen molar-refractivity contribution in [2.45, 2.75) is 117 Å². The quantitative estimate of drug-likeness (QED) is 0.128. The summed E-state index contributed by atoms with van der Waals surface area (Å²) in [5.74, 6) is 0. The van der Waals surface area contributed by atoms with Crippen molar-refractivity contribution >= 4 is 0 Å². The largest absolute Gasteiger partial charge is 0.382 e. The molecule has 248 valence electrons. The van der Waals surface area contributed by atoms with Crippen LogP contribution in [0.1, 0.15) is 62.3 Å². The summed E-state index contributed by atoms with van der Waals surface area (Å²) in [6.45, 7) is 23.4. The van der Waals surface area contributed by atoms with E-state index in [9.17, 15) is 0 Å². The summed E-state index contributed by atoms with van der Waals surface area (Å²) in [5.41, 5.74) is 5.56. The third kappa shape index (κ3) is 25.7. The van der Waals surface area contributed by atoms with Gasteiger partial charge in [-0.2, -0.15) is 0 Å². The van der Waals surface area contributed by atoms with E-state index in [4.69, 9.17) is 53.1 Å². The Balaban J connectivity index is 3.87. The van der Waals surface area contributed by atoms with Crippen molar-refractivity contribution in [3.8, 4) is 0 Å². The SMILES string of the molecule is COCCOC(C)COC(C)COC(C)COC(C)COC(C)COC(C)COC(C)COC(C)COC(C)CN. The van der Waals surface area contributed by atoms with Crippen LogP contribution in [0.4, 0.5) is 0 Å². The van der Waals surface area contributed by atoms with E-state index in [-0.39, 0.29) is 54.9 Å². The van der Waals surface area contributed by atoms with Crippen LogP contribution < -0.4 is 5.73 Å². The molecule has 0 heterocycles. The summed E-state index contributed by atoms with van der Waals surface area (Å²) in [7, 11) is 1.66. The molecule has 0 saturated heterocycles. The zero-order chi connectivity index (χ0) is 31.0. The van der Waals surface area contributed by atoms with Crippen molar-refractivity contribution in [2.24, 2.45) is 5.73 Å². The van der Waals surface area contributed by atoms with Gasteiger partial charge in [-0.1, -0.05) is 0 Å². The summed E-state index contributed by atoms with van der Waals surface area (Å²) in [6.07, 6.45) is -0.273. The fourth-order valence-corrected chi connectivity index (χ4v) is 3.18. The van der Waals surface area contributed by atoms with Crippen molar-refractivity contribution in [1.82, 2.24) is 0 Å². The summed E-state index contributed by atoms with van der Waals surface area (Å²) in [5, 5.41) is 0. The predicted molar refractivity (Wildman–Crippen MR) is 160 cm³/mol. The first-order valence-electron chi connectivity index (χ1n) is 15.2. The Labute approximate surface area is 250 Å². The fourth-order valence-electron chi connectivity index (χ4n) is 3.18. The first kappa shape index (κ1) is 40.6. The van der Waals surface area contributed by atoms with Crippen LogP contribution in [-0.2, 0) is 47.4 Å². The summed E-state index contributed by atoms with van der Waals surface area (Å²) in [6, 6.07) is 0. The number of ether oxygens (including phenoxy) is 10. The molecular weight excluding hydrogens is 534 g/mol. The van der Waals surface area contributed by atoms with Crippen LogP contribution in [-0.4, -0.2) is 135 Å². The standard InChI is InChI=1S/C30H63NO10/c1-22(13-31)34-15-24(3)36-17-26(5)38-19-28(7)40-21-30(9)41-20-29(8)39-18-27(6)37-16-25(4)35-14-23(2)33-12-11-32-10/h22-30H,11-21,31H2,1-10H3. The Morgan fingerprint density at radius 2 is 0.561 bits per heavy atom. The second-order valence-electron chi connectivity index (χ2n) is 11.1. The first-order valence-corrected chi connectivity index (χ1v) is 15.2. The minimum Gasteiger partial charge on any atom is -0.382 e. The van der Waals surface area contributed by atoms with E-state index < -0.39 is 0 Å². The number of methoxy groups -OCH3 is 1. The molecule has 0 aliphatic rings.